The van der Waals surface area contributed by atoms with Crippen LogP contribution in [0.5, 0.6) is 0 Å². The van der Waals surface area contributed by atoms with Gasteiger partial charge in [0.25, 0.3) is 11.8 Å². The van der Waals surface area contributed by atoms with E-state index in [0.29, 0.717) is 38.6 Å². The molecular formula is C23H29N3O4. The van der Waals surface area contributed by atoms with Gasteiger partial charge in [-0.05, 0) is 44.6 Å². The van der Waals surface area contributed by atoms with Crippen LogP contribution in [0.2, 0.25) is 0 Å². The highest BCUT2D eigenvalue weighted by molar-refractivity contribution is 6.12. The predicted octanol–water partition coefficient (Wildman–Crippen LogP) is 3.14. The van der Waals surface area contributed by atoms with Gasteiger partial charge in [-0.3, -0.25) is 19.3 Å². The molecule has 7 nitrogen and oxygen atoms in total. The third-order valence-electron chi connectivity index (χ3n) is 4.80. The lowest BCUT2D eigenvalue weighted by Crippen LogP contribution is -2.30. The van der Waals surface area contributed by atoms with Crippen molar-refractivity contribution in [3.63, 3.8) is 0 Å². The monoisotopic (exact) mass is 411 g/mol. The first-order valence-electron chi connectivity index (χ1n) is 10.4. The fourth-order valence-corrected chi connectivity index (χ4v) is 3.13. The van der Waals surface area contributed by atoms with Crippen molar-refractivity contribution in [3.05, 3.63) is 48.0 Å². The number of unbranched alkanes of at least 4 members (excludes halogenated alkanes) is 3. The Hall–Kier alpha value is -3.09. The Balaban J connectivity index is 1.73. The smallest absolute Gasteiger partial charge is 0.253 e. The lowest BCUT2D eigenvalue weighted by molar-refractivity contribution is -0.137. The first kappa shape index (κ1) is 23.2. The minimum Gasteiger partial charge on any atom is -0.300 e. The van der Waals surface area contributed by atoms with E-state index in [4.69, 9.17) is 0 Å². The largest absolute Gasteiger partial charge is 0.300 e. The molecule has 0 radical (unpaired) electrons. The van der Waals surface area contributed by atoms with Gasteiger partial charge in [0.15, 0.2) is 0 Å². The highest BCUT2D eigenvalue weighted by Gasteiger charge is 2.22. The van der Waals surface area contributed by atoms with Crippen molar-refractivity contribution in [2.75, 3.05) is 6.54 Å². The maximum Gasteiger partial charge on any atom is 0.253 e. The number of hydrogen-bond donors (Lipinski definition) is 1. The number of ketones is 1. The molecule has 0 saturated carbocycles. The third kappa shape index (κ3) is 8.11. The molecule has 1 aliphatic heterocycles. The van der Waals surface area contributed by atoms with Gasteiger partial charge in [-0.15, -0.1) is 0 Å². The SMILES string of the molecule is CC(=O)CCCC/C(=N/NC(=O)CCCCCN1C(=O)C=CC1=O)c1ccccc1. The molecule has 7 heteroatoms. The van der Waals surface area contributed by atoms with Gasteiger partial charge in [-0.25, -0.2) is 5.43 Å². The summed E-state index contributed by atoms with van der Waals surface area (Å²) in [6.07, 6.45) is 7.81. The number of hydrazone groups is 1. The molecule has 1 heterocycles. The van der Waals surface area contributed by atoms with E-state index in [0.717, 1.165) is 30.5 Å². The Morgan fingerprint density at radius 2 is 1.50 bits per heavy atom. The minimum atomic E-state index is -0.274. The van der Waals surface area contributed by atoms with Crippen molar-refractivity contribution in [1.29, 1.82) is 0 Å². The van der Waals surface area contributed by atoms with Gasteiger partial charge in [0.1, 0.15) is 5.78 Å². The zero-order chi connectivity index (χ0) is 21.8. The Morgan fingerprint density at radius 1 is 0.867 bits per heavy atom. The number of carbonyl (C=O) groups excluding carboxylic acids is 4. The van der Waals surface area contributed by atoms with Gasteiger partial charge < -0.3 is 4.79 Å². The molecule has 30 heavy (non-hydrogen) atoms. The van der Waals surface area contributed by atoms with Crippen molar-refractivity contribution in [2.45, 2.75) is 58.3 Å². The van der Waals surface area contributed by atoms with Crippen LogP contribution in [0.1, 0.15) is 63.9 Å². The maximum atomic E-state index is 12.1. The molecule has 3 amide bonds. The molecule has 0 bridgehead atoms. The Labute approximate surface area is 177 Å². The summed E-state index contributed by atoms with van der Waals surface area (Å²) >= 11 is 0. The first-order valence-corrected chi connectivity index (χ1v) is 10.4. The number of nitrogens with zero attached hydrogens (tertiary/aromatic N) is 2. The van der Waals surface area contributed by atoms with E-state index in [1.54, 1.807) is 6.92 Å². The second-order valence-corrected chi connectivity index (χ2v) is 7.34. The van der Waals surface area contributed by atoms with Crippen molar-refractivity contribution >= 4 is 29.2 Å². The molecule has 0 atom stereocenters. The summed E-state index contributed by atoms with van der Waals surface area (Å²) in [4.78, 5) is 47.4. The molecule has 0 aromatic heterocycles. The van der Waals surface area contributed by atoms with Gasteiger partial charge in [-0.1, -0.05) is 36.8 Å². The summed E-state index contributed by atoms with van der Waals surface area (Å²) in [7, 11) is 0. The van der Waals surface area contributed by atoms with E-state index in [-0.39, 0.29) is 23.5 Å². The third-order valence-corrected chi connectivity index (χ3v) is 4.80. The second-order valence-electron chi connectivity index (χ2n) is 7.34. The summed E-state index contributed by atoms with van der Waals surface area (Å²) in [6.45, 7) is 1.97. The average Bonchev–Trinajstić information content (AvgIpc) is 3.05. The number of nitrogens with one attached hydrogen (secondary N) is 1. The van der Waals surface area contributed by atoms with Gasteiger partial charge >= 0.3 is 0 Å². The highest BCUT2D eigenvalue weighted by atomic mass is 16.2. The standard InChI is InChI=1S/C23H29N3O4/c1-18(27)10-7-8-13-20(19-11-4-2-5-12-19)24-25-21(28)14-6-3-9-17-26-22(29)15-16-23(26)30/h2,4-5,11-12,15-16H,3,6-10,13-14,17H2,1H3,(H,25,28)/b24-20-. The molecule has 0 aliphatic carbocycles. The molecule has 0 spiro atoms. The number of imide groups is 1. The zero-order valence-electron chi connectivity index (χ0n) is 17.4. The highest BCUT2D eigenvalue weighted by Crippen LogP contribution is 2.10. The topological polar surface area (TPSA) is 95.9 Å². The number of rotatable bonds is 13. The zero-order valence-corrected chi connectivity index (χ0v) is 17.4. The van der Waals surface area contributed by atoms with Crippen LogP contribution in [-0.2, 0) is 19.2 Å². The van der Waals surface area contributed by atoms with Crippen molar-refractivity contribution in [2.24, 2.45) is 5.10 Å². The molecule has 0 fully saturated rings. The number of carbonyl (C=O) groups is 4. The van der Waals surface area contributed by atoms with Crippen LogP contribution in [0.25, 0.3) is 0 Å². The Bertz CT molecular complexity index is 797. The fraction of sp³-hybridized carbons (Fsp3) is 0.435. The minimum absolute atomic E-state index is 0.165. The van der Waals surface area contributed by atoms with E-state index >= 15 is 0 Å². The van der Waals surface area contributed by atoms with E-state index in [1.165, 1.54) is 17.1 Å². The second kappa shape index (κ2) is 12.5. The molecule has 1 aromatic rings. The molecule has 0 unspecified atom stereocenters. The van der Waals surface area contributed by atoms with Crippen LogP contribution >= 0.6 is 0 Å². The molecule has 160 valence electrons. The lowest BCUT2D eigenvalue weighted by Gasteiger charge is -2.12. The summed E-state index contributed by atoms with van der Waals surface area (Å²) in [5.41, 5.74) is 4.38. The van der Waals surface area contributed by atoms with Crippen LogP contribution < -0.4 is 5.43 Å². The fourth-order valence-electron chi connectivity index (χ4n) is 3.13. The molecule has 1 N–H and O–H groups in total. The predicted molar refractivity (Wildman–Crippen MR) is 115 cm³/mol. The number of hydrogen-bond acceptors (Lipinski definition) is 5. The van der Waals surface area contributed by atoms with E-state index in [2.05, 4.69) is 10.5 Å². The van der Waals surface area contributed by atoms with Gasteiger partial charge in [0.05, 0.1) is 5.71 Å². The van der Waals surface area contributed by atoms with Crippen LogP contribution in [-0.4, -0.2) is 40.7 Å². The van der Waals surface area contributed by atoms with E-state index in [1.807, 2.05) is 30.3 Å². The maximum absolute atomic E-state index is 12.1. The van der Waals surface area contributed by atoms with Gasteiger partial charge in [0, 0.05) is 31.5 Å². The van der Waals surface area contributed by atoms with Crippen molar-refractivity contribution in [3.8, 4) is 0 Å². The average molecular weight is 412 g/mol. The van der Waals surface area contributed by atoms with Crippen LogP contribution in [0.4, 0.5) is 0 Å². The van der Waals surface area contributed by atoms with E-state index < -0.39 is 0 Å². The Morgan fingerprint density at radius 3 is 2.17 bits per heavy atom. The number of amides is 3. The van der Waals surface area contributed by atoms with Crippen LogP contribution in [0, 0.1) is 0 Å². The van der Waals surface area contributed by atoms with Crippen LogP contribution in [0.15, 0.2) is 47.6 Å². The van der Waals surface area contributed by atoms with Crippen molar-refractivity contribution in [1.82, 2.24) is 10.3 Å². The molecule has 1 aromatic carbocycles. The quantitative estimate of drug-likeness (QED) is 0.233. The van der Waals surface area contributed by atoms with Gasteiger partial charge in [0.2, 0.25) is 5.91 Å². The first-order chi connectivity index (χ1) is 14.5. The molecule has 0 saturated heterocycles. The number of Topliss-reactive ketones (excluding diaryl/α,β-unsaturated/α-hetero) is 1. The molecular weight excluding hydrogens is 382 g/mol. The lowest BCUT2D eigenvalue weighted by atomic mass is 10.0. The summed E-state index contributed by atoms with van der Waals surface area (Å²) < 4.78 is 0. The number of benzene rings is 1. The molecule has 1 aliphatic rings. The summed E-state index contributed by atoms with van der Waals surface area (Å²) in [5.74, 6) is -0.536. The van der Waals surface area contributed by atoms with Crippen molar-refractivity contribution < 1.29 is 19.2 Å². The summed E-state index contributed by atoms with van der Waals surface area (Å²) in [5, 5.41) is 4.32. The Kier molecular flexibility index (Phi) is 9.64. The van der Waals surface area contributed by atoms with Crippen LogP contribution in [0.3, 0.4) is 0 Å². The van der Waals surface area contributed by atoms with E-state index in [9.17, 15) is 19.2 Å². The van der Waals surface area contributed by atoms with Gasteiger partial charge in [-0.2, -0.15) is 5.10 Å². The normalized spacial score (nSPS) is 13.8. The summed E-state index contributed by atoms with van der Waals surface area (Å²) in [6, 6.07) is 9.67. The molecule has 2 rings (SSSR count).